The van der Waals surface area contributed by atoms with Crippen LogP contribution in [0.25, 0.3) is 11.1 Å². The molecule has 0 aliphatic carbocycles. The molecule has 0 spiro atoms. The molecule has 1 heterocycles. The van der Waals surface area contributed by atoms with Crippen LogP contribution >= 0.6 is 0 Å². The van der Waals surface area contributed by atoms with Crippen LogP contribution in [-0.2, 0) is 0 Å². The van der Waals surface area contributed by atoms with Crippen molar-refractivity contribution in [2.24, 2.45) is 0 Å². The Balaban J connectivity index is 1.46. The summed E-state index contributed by atoms with van der Waals surface area (Å²) in [6.07, 6.45) is 0.870. The van der Waals surface area contributed by atoms with Crippen LogP contribution in [0.4, 0.5) is 0 Å². The number of aliphatic hydroxyl groups excluding tert-OH is 2. The molecule has 0 amide bonds. The van der Waals surface area contributed by atoms with Gasteiger partial charge in [-0.3, -0.25) is 0 Å². The number of ether oxygens (including phenoxy) is 1. The van der Waals surface area contributed by atoms with E-state index in [9.17, 15) is 10.2 Å². The maximum Gasteiger partial charge on any atom is 0.119 e. The Morgan fingerprint density at radius 2 is 1.58 bits per heavy atom. The molecule has 0 radical (unpaired) electrons. The average molecular weight is 327 g/mol. The van der Waals surface area contributed by atoms with E-state index in [2.05, 4.69) is 17.0 Å². The zero-order valence-corrected chi connectivity index (χ0v) is 13.8. The standard InChI is InChI=1S/C20H25NO3/c22-18-10-12-21(13-11-18)14-19(23)15-24-20-8-6-17(7-9-20)16-4-2-1-3-5-16/h1-9,18-19,22-23H,10-15H2/t19-/m1/s1. The number of piperidine rings is 1. The predicted molar refractivity (Wildman–Crippen MR) is 95.1 cm³/mol. The summed E-state index contributed by atoms with van der Waals surface area (Å²) in [5.41, 5.74) is 2.33. The third kappa shape index (κ3) is 4.81. The summed E-state index contributed by atoms with van der Waals surface area (Å²) in [5, 5.41) is 19.6. The first-order valence-corrected chi connectivity index (χ1v) is 8.57. The van der Waals surface area contributed by atoms with Crippen molar-refractivity contribution >= 4 is 0 Å². The molecular weight excluding hydrogens is 302 g/mol. The van der Waals surface area contributed by atoms with E-state index in [1.807, 2.05) is 42.5 Å². The van der Waals surface area contributed by atoms with Gasteiger partial charge in [0.25, 0.3) is 0 Å². The summed E-state index contributed by atoms with van der Waals surface area (Å²) < 4.78 is 5.70. The van der Waals surface area contributed by atoms with Gasteiger partial charge in [0.1, 0.15) is 18.5 Å². The minimum Gasteiger partial charge on any atom is -0.491 e. The number of hydrogen-bond donors (Lipinski definition) is 2. The third-order valence-corrected chi connectivity index (χ3v) is 4.43. The highest BCUT2D eigenvalue weighted by Crippen LogP contribution is 2.22. The van der Waals surface area contributed by atoms with Crippen molar-refractivity contribution in [2.45, 2.75) is 25.0 Å². The molecule has 2 aromatic carbocycles. The number of nitrogens with zero attached hydrogens (tertiary/aromatic N) is 1. The largest absolute Gasteiger partial charge is 0.491 e. The molecule has 1 aliphatic heterocycles. The number of β-amino-alcohol motifs (C(OH)–C–C–N with tert-alkyl or cyclic N) is 1. The van der Waals surface area contributed by atoms with E-state index in [0.717, 1.165) is 37.2 Å². The predicted octanol–water partition coefficient (Wildman–Crippen LogP) is 2.55. The Labute approximate surface area is 143 Å². The van der Waals surface area contributed by atoms with Gasteiger partial charge in [0, 0.05) is 19.6 Å². The molecule has 1 saturated heterocycles. The van der Waals surface area contributed by atoms with Crippen molar-refractivity contribution in [1.29, 1.82) is 0 Å². The highest BCUT2D eigenvalue weighted by Gasteiger charge is 2.19. The molecular formula is C20H25NO3. The lowest BCUT2D eigenvalue weighted by Gasteiger charge is -2.30. The van der Waals surface area contributed by atoms with Gasteiger partial charge in [-0.05, 0) is 36.1 Å². The first-order valence-electron chi connectivity index (χ1n) is 8.57. The van der Waals surface area contributed by atoms with E-state index in [0.29, 0.717) is 6.54 Å². The van der Waals surface area contributed by atoms with Crippen LogP contribution in [0.2, 0.25) is 0 Å². The van der Waals surface area contributed by atoms with Crippen LogP contribution in [0.15, 0.2) is 54.6 Å². The summed E-state index contributed by atoms with van der Waals surface area (Å²) >= 11 is 0. The molecule has 4 heteroatoms. The quantitative estimate of drug-likeness (QED) is 0.856. The molecule has 2 N–H and O–H groups in total. The van der Waals surface area contributed by atoms with Crippen molar-refractivity contribution in [2.75, 3.05) is 26.2 Å². The number of aliphatic hydroxyl groups is 2. The molecule has 4 nitrogen and oxygen atoms in total. The highest BCUT2D eigenvalue weighted by atomic mass is 16.5. The molecule has 0 bridgehead atoms. The Bertz CT molecular complexity index is 607. The fourth-order valence-electron chi connectivity index (χ4n) is 3.02. The maximum atomic E-state index is 10.1. The molecule has 2 aromatic rings. The monoisotopic (exact) mass is 327 g/mol. The van der Waals surface area contributed by atoms with Crippen molar-refractivity contribution in [3.8, 4) is 16.9 Å². The number of rotatable bonds is 6. The lowest BCUT2D eigenvalue weighted by Crippen LogP contribution is -2.41. The van der Waals surface area contributed by atoms with E-state index in [1.54, 1.807) is 0 Å². The zero-order valence-electron chi connectivity index (χ0n) is 13.8. The second kappa shape index (κ2) is 8.29. The fraction of sp³-hybridized carbons (Fsp3) is 0.400. The molecule has 128 valence electrons. The lowest BCUT2D eigenvalue weighted by atomic mass is 10.1. The van der Waals surface area contributed by atoms with Crippen LogP contribution < -0.4 is 4.74 Å². The Morgan fingerprint density at radius 3 is 2.25 bits per heavy atom. The van der Waals surface area contributed by atoms with Crippen molar-refractivity contribution in [1.82, 2.24) is 4.90 Å². The molecule has 1 fully saturated rings. The summed E-state index contributed by atoms with van der Waals surface area (Å²) in [7, 11) is 0. The first kappa shape index (κ1) is 17.0. The highest BCUT2D eigenvalue weighted by molar-refractivity contribution is 5.63. The third-order valence-electron chi connectivity index (χ3n) is 4.43. The van der Waals surface area contributed by atoms with Gasteiger partial charge >= 0.3 is 0 Å². The van der Waals surface area contributed by atoms with E-state index in [1.165, 1.54) is 5.56 Å². The number of benzene rings is 2. The molecule has 24 heavy (non-hydrogen) atoms. The van der Waals surface area contributed by atoms with Crippen LogP contribution in [0, 0.1) is 0 Å². The van der Waals surface area contributed by atoms with Crippen LogP contribution in [0.5, 0.6) is 5.75 Å². The maximum absolute atomic E-state index is 10.1. The van der Waals surface area contributed by atoms with Gasteiger partial charge in [0.05, 0.1) is 6.10 Å². The molecule has 0 unspecified atom stereocenters. The first-order chi connectivity index (χ1) is 11.7. The van der Waals surface area contributed by atoms with Gasteiger partial charge in [0.15, 0.2) is 0 Å². The van der Waals surface area contributed by atoms with Crippen LogP contribution in [0.1, 0.15) is 12.8 Å². The van der Waals surface area contributed by atoms with Gasteiger partial charge in [-0.1, -0.05) is 42.5 Å². The van der Waals surface area contributed by atoms with Crippen molar-refractivity contribution < 1.29 is 14.9 Å². The number of likely N-dealkylation sites (tertiary alicyclic amines) is 1. The molecule has 1 aliphatic rings. The summed E-state index contributed by atoms with van der Waals surface area (Å²) in [5.74, 6) is 0.766. The van der Waals surface area contributed by atoms with Gasteiger partial charge in [0.2, 0.25) is 0 Å². The Kier molecular flexibility index (Phi) is 5.86. The minimum atomic E-state index is -0.519. The Hall–Kier alpha value is -1.88. The van der Waals surface area contributed by atoms with Gasteiger partial charge in [-0.25, -0.2) is 0 Å². The van der Waals surface area contributed by atoms with E-state index < -0.39 is 6.10 Å². The second-order valence-electron chi connectivity index (χ2n) is 6.39. The van der Waals surface area contributed by atoms with Crippen molar-refractivity contribution in [3.63, 3.8) is 0 Å². The van der Waals surface area contributed by atoms with Gasteiger partial charge in [-0.15, -0.1) is 0 Å². The topological polar surface area (TPSA) is 52.9 Å². The lowest BCUT2D eigenvalue weighted by molar-refractivity contribution is 0.0338. The second-order valence-corrected chi connectivity index (χ2v) is 6.39. The average Bonchev–Trinajstić information content (AvgIpc) is 2.63. The zero-order chi connectivity index (χ0) is 16.8. The van der Waals surface area contributed by atoms with Crippen molar-refractivity contribution in [3.05, 3.63) is 54.6 Å². The van der Waals surface area contributed by atoms with E-state index in [4.69, 9.17) is 4.74 Å². The summed E-state index contributed by atoms with van der Waals surface area (Å²) in [4.78, 5) is 2.18. The number of hydrogen-bond acceptors (Lipinski definition) is 4. The van der Waals surface area contributed by atoms with Crippen LogP contribution in [0.3, 0.4) is 0 Å². The SMILES string of the molecule is OC1CCN(C[C@@H](O)COc2ccc(-c3ccccc3)cc2)CC1. The van der Waals surface area contributed by atoms with E-state index in [-0.39, 0.29) is 12.7 Å². The van der Waals surface area contributed by atoms with Gasteiger partial charge in [-0.2, -0.15) is 0 Å². The smallest absolute Gasteiger partial charge is 0.119 e. The molecule has 3 rings (SSSR count). The molecule has 0 saturated carbocycles. The van der Waals surface area contributed by atoms with E-state index >= 15 is 0 Å². The van der Waals surface area contributed by atoms with Crippen LogP contribution in [-0.4, -0.2) is 53.6 Å². The minimum absolute atomic E-state index is 0.183. The normalized spacial score (nSPS) is 17.6. The van der Waals surface area contributed by atoms with Gasteiger partial charge < -0.3 is 19.8 Å². The Morgan fingerprint density at radius 1 is 0.958 bits per heavy atom. The molecule has 0 aromatic heterocycles. The summed E-state index contributed by atoms with van der Waals surface area (Å²) in [6.45, 7) is 2.55. The fourth-order valence-corrected chi connectivity index (χ4v) is 3.02. The summed E-state index contributed by atoms with van der Waals surface area (Å²) in [6, 6.07) is 18.1. The molecule has 1 atom stereocenters.